The van der Waals surface area contributed by atoms with Gasteiger partial charge in [-0.05, 0) is 25.0 Å². The van der Waals surface area contributed by atoms with Gasteiger partial charge in [0.25, 0.3) is 0 Å². The summed E-state index contributed by atoms with van der Waals surface area (Å²) in [4.78, 5) is 16.0. The minimum Gasteiger partial charge on any atom is -0.487 e. The zero-order chi connectivity index (χ0) is 15.4. The molecule has 1 aromatic heterocycles. The molecule has 0 radical (unpaired) electrons. The molecule has 4 N–H and O–H groups in total. The van der Waals surface area contributed by atoms with Crippen LogP contribution in [0.25, 0.3) is 0 Å². The molecule has 0 aliphatic heterocycles. The van der Waals surface area contributed by atoms with Crippen LogP contribution in [-0.4, -0.2) is 23.1 Å². The van der Waals surface area contributed by atoms with Gasteiger partial charge in [0.05, 0.1) is 5.69 Å². The first-order chi connectivity index (χ1) is 10.6. The van der Waals surface area contributed by atoms with E-state index in [4.69, 9.17) is 10.5 Å². The summed E-state index contributed by atoms with van der Waals surface area (Å²) in [5, 5.41) is 7.88. The number of nitrogens with one attached hydrogen (secondary N) is 2. The molecule has 1 saturated carbocycles. The number of benzene rings is 1. The first kappa shape index (κ1) is 14.8. The number of urea groups is 1. The second kappa shape index (κ2) is 6.33. The van der Waals surface area contributed by atoms with Gasteiger partial charge in [0, 0.05) is 17.5 Å². The van der Waals surface area contributed by atoms with Gasteiger partial charge in [0.1, 0.15) is 12.4 Å². The summed E-state index contributed by atoms with van der Waals surface area (Å²) in [6, 6.07) is 9.26. The van der Waals surface area contributed by atoms with Crippen molar-refractivity contribution in [2.75, 3.05) is 11.9 Å². The second-order valence-electron chi connectivity index (χ2n) is 5.42. The molecular formula is C15H18N4O2S. The number of carbonyl (C=O) groups is 1. The van der Waals surface area contributed by atoms with E-state index in [2.05, 4.69) is 15.6 Å². The molecule has 1 aliphatic rings. The van der Waals surface area contributed by atoms with Gasteiger partial charge >= 0.3 is 6.03 Å². The van der Waals surface area contributed by atoms with Crippen molar-refractivity contribution in [3.63, 3.8) is 0 Å². The third kappa shape index (κ3) is 4.19. The van der Waals surface area contributed by atoms with Crippen LogP contribution in [0.5, 0.6) is 5.75 Å². The number of ether oxygens (including phenoxy) is 1. The van der Waals surface area contributed by atoms with Gasteiger partial charge in [0.2, 0.25) is 0 Å². The van der Waals surface area contributed by atoms with Crippen molar-refractivity contribution >= 4 is 22.5 Å². The van der Waals surface area contributed by atoms with E-state index < -0.39 is 0 Å². The lowest BCUT2D eigenvalue weighted by Gasteiger charge is -2.09. The predicted molar refractivity (Wildman–Crippen MR) is 86.1 cm³/mol. The molecule has 0 atom stereocenters. The Morgan fingerprint density at radius 2 is 2.14 bits per heavy atom. The maximum absolute atomic E-state index is 11.7. The van der Waals surface area contributed by atoms with Gasteiger partial charge in [0.15, 0.2) is 5.13 Å². The Hall–Kier alpha value is -2.12. The highest BCUT2D eigenvalue weighted by Gasteiger charge is 2.38. The standard InChI is InChI=1S/C15H18N4O2S/c16-15(6-7-15)10-17-13(20)19-14-18-11(9-22-14)8-21-12-4-2-1-3-5-12/h1-5,9H,6-8,10,16H2,(H2,17,18,19,20). The first-order valence-corrected chi connectivity index (χ1v) is 7.97. The monoisotopic (exact) mass is 318 g/mol. The van der Waals surface area contributed by atoms with Gasteiger partial charge in [-0.2, -0.15) is 0 Å². The highest BCUT2D eigenvalue weighted by Crippen LogP contribution is 2.30. The molecule has 22 heavy (non-hydrogen) atoms. The summed E-state index contributed by atoms with van der Waals surface area (Å²) in [5.41, 5.74) is 6.49. The summed E-state index contributed by atoms with van der Waals surface area (Å²) in [6.07, 6.45) is 1.93. The lowest BCUT2D eigenvalue weighted by Crippen LogP contribution is -2.40. The van der Waals surface area contributed by atoms with Gasteiger partial charge < -0.3 is 15.8 Å². The van der Waals surface area contributed by atoms with Crippen LogP contribution in [0.2, 0.25) is 0 Å². The lowest BCUT2D eigenvalue weighted by molar-refractivity contribution is 0.251. The van der Waals surface area contributed by atoms with Crippen molar-refractivity contribution < 1.29 is 9.53 Å². The van der Waals surface area contributed by atoms with Crippen LogP contribution in [0.1, 0.15) is 18.5 Å². The molecule has 1 aromatic carbocycles. The summed E-state index contributed by atoms with van der Waals surface area (Å²) in [6.45, 7) is 0.865. The van der Waals surface area contributed by atoms with Crippen molar-refractivity contribution in [2.45, 2.75) is 25.0 Å². The van der Waals surface area contributed by atoms with E-state index in [1.54, 1.807) is 0 Å². The van der Waals surface area contributed by atoms with Crippen LogP contribution >= 0.6 is 11.3 Å². The van der Waals surface area contributed by atoms with E-state index in [1.165, 1.54) is 11.3 Å². The summed E-state index contributed by atoms with van der Waals surface area (Å²) in [7, 11) is 0. The van der Waals surface area contributed by atoms with Gasteiger partial charge in [-0.1, -0.05) is 18.2 Å². The van der Waals surface area contributed by atoms with Gasteiger partial charge in [-0.25, -0.2) is 9.78 Å². The summed E-state index contributed by atoms with van der Waals surface area (Å²) < 4.78 is 5.61. The largest absolute Gasteiger partial charge is 0.487 e. The maximum atomic E-state index is 11.7. The molecule has 2 aromatic rings. The smallest absolute Gasteiger partial charge is 0.321 e. The van der Waals surface area contributed by atoms with Crippen LogP contribution in [0, 0.1) is 0 Å². The van der Waals surface area contributed by atoms with Crippen molar-refractivity contribution in [2.24, 2.45) is 5.73 Å². The van der Waals surface area contributed by atoms with E-state index >= 15 is 0 Å². The number of carbonyl (C=O) groups excluding carboxylic acids is 1. The van der Waals surface area contributed by atoms with Crippen LogP contribution < -0.4 is 21.1 Å². The average Bonchev–Trinajstić information content (AvgIpc) is 3.10. The molecule has 1 heterocycles. The number of thiazole rings is 1. The minimum absolute atomic E-state index is 0.200. The van der Waals surface area contributed by atoms with Crippen molar-refractivity contribution in [1.29, 1.82) is 0 Å². The van der Waals surface area contributed by atoms with E-state index in [-0.39, 0.29) is 11.6 Å². The molecule has 2 amide bonds. The van der Waals surface area contributed by atoms with E-state index in [9.17, 15) is 4.79 Å². The van der Waals surface area contributed by atoms with Crippen LogP contribution in [-0.2, 0) is 6.61 Å². The number of anilines is 1. The highest BCUT2D eigenvalue weighted by atomic mass is 32.1. The zero-order valence-corrected chi connectivity index (χ0v) is 12.9. The van der Waals surface area contributed by atoms with Gasteiger partial charge in [-0.15, -0.1) is 11.3 Å². The zero-order valence-electron chi connectivity index (χ0n) is 12.0. The fraction of sp³-hybridized carbons (Fsp3) is 0.333. The number of aromatic nitrogens is 1. The number of para-hydroxylation sites is 1. The summed E-state index contributed by atoms with van der Waals surface area (Å²) >= 11 is 1.37. The Kier molecular flexibility index (Phi) is 4.26. The fourth-order valence-electron chi connectivity index (χ4n) is 1.84. The summed E-state index contributed by atoms with van der Waals surface area (Å²) in [5.74, 6) is 0.792. The Balaban J connectivity index is 1.45. The second-order valence-corrected chi connectivity index (χ2v) is 6.27. The number of nitrogens with two attached hydrogens (primary N) is 1. The number of amides is 2. The SMILES string of the molecule is NC1(CNC(=O)Nc2nc(COc3ccccc3)cs2)CC1. The molecule has 0 saturated heterocycles. The molecule has 1 fully saturated rings. The molecule has 0 spiro atoms. The van der Waals surface area contributed by atoms with Crippen molar-refractivity contribution in [3.8, 4) is 5.75 Å². The van der Waals surface area contributed by atoms with Crippen LogP contribution in [0.4, 0.5) is 9.93 Å². The predicted octanol–water partition coefficient (Wildman–Crippen LogP) is 2.33. The normalized spacial score (nSPS) is 15.1. The molecular weight excluding hydrogens is 300 g/mol. The molecule has 0 bridgehead atoms. The number of rotatable bonds is 6. The molecule has 1 aliphatic carbocycles. The number of nitrogens with zero attached hydrogens (tertiary/aromatic N) is 1. The topological polar surface area (TPSA) is 89.3 Å². The fourth-order valence-corrected chi connectivity index (χ4v) is 2.53. The van der Waals surface area contributed by atoms with Gasteiger partial charge in [-0.3, -0.25) is 5.32 Å². The van der Waals surface area contributed by atoms with Crippen molar-refractivity contribution in [3.05, 3.63) is 41.4 Å². The molecule has 3 rings (SSSR count). The number of hydrogen-bond acceptors (Lipinski definition) is 5. The Bertz CT molecular complexity index is 640. The Morgan fingerprint density at radius 1 is 1.36 bits per heavy atom. The maximum Gasteiger partial charge on any atom is 0.321 e. The van der Waals surface area contributed by atoms with E-state index in [0.29, 0.717) is 18.3 Å². The van der Waals surface area contributed by atoms with E-state index in [0.717, 1.165) is 24.3 Å². The Morgan fingerprint density at radius 3 is 2.86 bits per heavy atom. The Labute approximate surface area is 132 Å². The highest BCUT2D eigenvalue weighted by molar-refractivity contribution is 7.13. The van der Waals surface area contributed by atoms with Crippen LogP contribution in [0.3, 0.4) is 0 Å². The molecule has 0 unspecified atom stereocenters. The average molecular weight is 318 g/mol. The lowest BCUT2D eigenvalue weighted by atomic mass is 10.3. The van der Waals surface area contributed by atoms with E-state index in [1.807, 2.05) is 35.7 Å². The van der Waals surface area contributed by atoms with Crippen molar-refractivity contribution in [1.82, 2.24) is 10.3 Å². The third-order valence-electron chi connectivity index (χ3n) is 3.40. The number of hydrogen-bond donors (Lipinski definition) is 3. The quantitative estimate of drug-likeness (QED) is 0.762. The molecule has 116 valence electrons. The minimum atomic E-state index is -0.276. The first-order valence-electron chi connectivity index (χ1n) is 7.09. The third-order valence-corrected chi connectivity index (χ3v) is 4.20. The van der Waals surface area contributed by atoms with Crippen LogP contribution in [0.15, 0.2) is 35.7 Å². The molecule has 7 heteroatoms. The molecule has 6 nitrogen and oxygen atoms in total.